The Morgan fingerprint density at radius 3 is 3.19 bits per heavy atom. The quantitative estimate of drug-likeness (QED) is 0.654. The molecule has 1 saturated heterocycles. The third kappa shape index (κ3) is 3.95. The third-order valence-electron chi connectivity index (χ3n) is 4.44. The molecule has 136 valence electrons. The monoisotopic (exact) mass is 378 g/mol. The smallest absolute Gasteiger partial charge is 0.254 e. The summed E-state index contributed by atoms with van der Waals surface area (Å²) in [5.74, 6) is 3.30. The summed E-state index contributed by atoms with van der Waals surface area (Å²) < 4.78 is 12.6. The molecule has 0 spiro atoms. The summed E-state index contributed by atoms with van der Waals surface area (Å²) in [4.78, 5) is 18.9. The maximum Gasteiger partial charge on any atom is 0.254 e. The molecule has 0 bridgehead atoms. The summed E-state index contributed by atoms with van der Waals surface area (Å²) in [6.45, 7) is 1.93. The van der Waals surface area contributed by atoms with Gasteiger partial charge >= 0.3 is 0 Å². The molecule has 1 fully saturated rings. The summed E-state index contributed by atoms with van der Waals surface area (Å²) in [5.41, 5.74) is 4.15. The number of amides is 1. The first kappa shape index (κ1) is 17.5. The molecule has 0 aliphatic carbocycles. The minimum absolute atomic E-state index is 0.00734. The van der Waals surface area contributed by atoms with Gasteiger partial charge in [0.25, 0.3) is 5.91 Å². The van der Waals surface area contributed by atoms with E-state index in [2.05, 4.69) is 10.9 Å². The van der Waals surface area contributed by atoms with Gasteiger partial charge in [0.2, 0.25) is 0 Å². The molecule has 0 radical (unpaired) electrons. The predicted octanol–water partition coefficient (Wildman–Crippen LogP) is 3.20. The van der Waals surface area contributed by atoms with Crippen molar-refractivity contribution in [3.05, 3.63) is 59.1 Å². The average molecular weight is 378 g/mol. The molecule has 3 aromatic rings. The Morgan fingerprint density at radius 1 is 1.37 bits per heavy atom. The van der Waals surface area contributed by atoms with Gasteiger partial charge in [-0.3, -0.25) is 4.79 Å². The van der Waals surface area contributed by atoms with Crippen LogP contribution in [0.15, 0.2) is 48.0 Å². The molecule has 1 unspecified atom stereocenters. The molecular weight excluding hydrogens is 360 g/mol. The molecular formula is C21H18N2O3S. The number of terminal acetylenes is 1. The summed E-state index contributed by atoms with van der Waals surface area (Å²) in [6, 6.07) is 13.0. The van der Waals surface area contributed by atoms with Gasteiger partial charge in [0, 0.05) is 17.7 Å². The molecule has 1 aromatic heterocycles. The molecule has 1 aliphatic rings. The van der Waals surface area contributed by atoms with Gasteiger partial charge < -0.3 is 14.4 Å². The minimum Gasteiger partial charge on any atom is -0.491 e. The van der Waals surface area contributed by atoms with Crippen molar-refractivity contribution in [1.82, 2.24) is 9.88 Å². The lowest BCUT2D eigenvalue weighted by molar-refractivity contribution is -0.0401. The molecule has 1 amide bonds. The van der Waals surface area contributed by atoms with Gasteiger partial charge in [-0.2, -0.15) is 0 Å². The van der Waals surface area contributed by atoms with Gasteiger partial charge in [0.15, 0.2) is 0 Å². The number of thiazole rings is 1. The van der Waals surface area contributed by atoms with Crippen LogP contribution in [-0.2, 0) is 4.74 Å². The lowest BCUT2D eigenvalue weighted by Crippen LogP contribution is -2.47. The number of carbonyl (C=O) groups is 1. The number of hydrogen-bond donors (Lipinski definition) is 0. The lowest BCUT2D eigenvalue weighted by atomic mass is 10.1. The van der Waals surface area contributed by atoms with Crippen molar-refractivity contribution in [3.8, 4) is 18.1 Å². The number of hydrogen-bond acceptors (Lipinski definition) is 5. The van der Waals surface area contributed by atoms with Crippen LogP contribution in [-0.4, -0.2) is 48.2 Å². The normalized spacial score (nSPS) is 16.9. The van der Waals surface area contributed by atoms with E-state index in [0.29, 0.717) is 37.6 Å². The van der Waals surface area contributed by atoms with Crippen LogP contribution in [0.25, 0.3) is 10.2 Å². The predicted molar refractivity (Wildman–Crippen MR) is 105 cm³/mol. The van der Waals surface area contributed by atoms with Gasteiger partial charge in [-0.1, -0.05) is 12.0 Å². The second-order valence-electron chi connectivity index (χ2n) is 6.26. The van der Waals surface area contributed by atoms with Crippen LogP contribution < -0.4 is 4.74 Å². The van der Waals surface area contributed by atoms with Crippen molar-refractivity contribution >= 4 is 27.5 Å². The molecule has 0 saturated carbocycles. The summed E-state index contributed by atoms with van der Waals surface area (Å²) >= 11 is 1.53. The molecule has 1 aliphatic heterocycles. The summed E-state index contributed by atoms with van der Waals surface area (Å²) in [6.07, 6.45) is 5.24. The SMILES string of the molecule is C#Cc1cccc(OCC2CN(C(=O)c3ccc4ncsc4c3)CCO2)c1. The van der Waals surface area contributed by atoms with Crippen LogP contribution >= 0.6 is 11.3 Å². The van der Waals surface area contributed by atoms with Crippen LogP contribution in [0.3, 0.4) is 0 Å². The fourth-order valence-electron chi connectivity index (χ4n) is 3.04. The maximum atomic E-state index is 12.9. The standard InChI is InChI=1S/C21H18N2O3S/c1-2-15-4-3-5-17(10-15)26-13-18-12-23(8-9-25-18)21(24)16-6-7-19-20(11-16)27-14-22-19/h1,3-7,10-11,14,18H,8-9,12-13H2. The Balaban J connectivity index is 1.39. The number of fused-ring (bicyclic) bond motifs is 1. The van der Waals surface area contributed by atoms with E-state index < -0.39 is 0 Å². The number of nitrogens with zero attached hydrogens (tertiary/aromatic N) is 2. The van der Waals surface area contributed by atoms with E-state index in [-0.39, 0.29) is 12.0 Å². The van der Waals surface area contributed by atoms with E-state index >= 15 is 0 Å². The zero-order valence-electron chi connectivity index (χ0n) is 14.6. The van der Waals surface area contributed by atoms with Crippen LogP contribution in [0, 0.1) is 12.3 Å². The number of ether oxygens (including phenoxy) is 2. The molecule has 6 heteroatoms. The summed E-state index contributed by atoms with van der Waals surface area (Å²) in [7, 11) is 0. The zero-order valence-corrected chi connectivity index (χ0v) is 15.4. The van der Waals surface area contributed by atoms with E-state index in [9.17, 15) is 4.79 Å². The van der Waals surface area contributed by atoms with Gasteiger partial charge in [-0.15, -0.1) is 17.8 Å². The van der Waals surface area contributed by atoms with Crippen LogP contribution in [0.2, 0.25) is 0 Å². The van der Waals surface area contributed by atoms with Gasteiger partial charge in [0.05, 0.1) is 28.9 Å². The second kappa shape index (κ2) is 7.78. The highest BCUT2D eigenvalue weighted by Gasteiger charge is 2.25. The Bertz CT molecular complexity index is 1010. The van der Waals surface area contributed by atoms with E-state index in [4.69, 9.17) is 15.9 Å². The lowest BCUT2D eigenvalue weighted by Gasteiger charge is -2.33. The highest BCUT2D eigenvalue weighted by atomic mass is 32.1. The van der Waals surface area contributed by atoms with Crippen molar-refractivity contribution in [1.29, 1.82) is 0 Å². The molecule has 5 nitrogen and oxygen atoms in total. The van der Waals surface area contributed by atoms with Crippen molar-refractivity contribution < 1.29 is 14.3 Å². The second-order valence-corrected chi connectivity index (χ2v) is 7.15. The van der Waals surface area contributed by atoms with E-state index in [1.165, 1.54) is 11.3 Å². The van der Waals surface area contributed by atoms with Crippen molar-refractivity contribution in [3.63, 3.8) is 0 Å². The fourth-order valence-corrected chi connectivity index (χ4v) is 3.76. The summed E-state index contributed by atoms with van der Waals surface area (Å²) in [5, 5.41) is 0. The van der Waals surface area contributed by atoms with Crippen molar-refractivity contribution in [2.75, 3.05) is 26.3 Å². The first-order chi connectivity index (χ1) is 13.2. The first-order valence-corrected chi connectivity index (χ1v) is 9.54. The van der Waals surface area contributed by atoms with Crippen molar-refractivity contribution in [2.45, 2.75) is 6.10 Å². The average Bonchev–Trinajstić information content (AvgIpc) is 3.20. The highest BCUT2D eigenvalue weighted by molar-refractivity contribution is 7.16. The van der Waals surface area contributed by atoms with Gasteiger partial charge in [-0.05, 0) is 36.4 Å². The number of rotatable bonds is 4. The number of benzene rings is 2. The van der Waals surface area contributed by atoms with Crippen molar-refractivity contribution in [2.24, 2.45) is 0 Å². The third-order valence-corrected chi connectivity index (χ3v) is 5.23. The first-order valence-electron chi connectivity index (χ1n) is 8.66. The van der Waals surface area contributed by atoms with E-state index in [1.807, 2.05) is 47.4 Å². The number of carbonyl (C=O) groups excluding carboxylic acids is 1. The van der Waals surface area contributed by atoms with Crippen LogP contribution in [0.1, 0.15) is 15.9 Å². The molecule has 27 heavy (non-hydrogen) atoms. The topological polar surface area (TPSA) is 51.7 Å². The maximum absolute atomic E-state index is 12.9. The molecule has 2 heterocycles. The Kier molecular flexibility index (Phi) is 5.05. The van der Waals surface area contributed by atoms with E-state index in [0.717, 1.165) is 15.8 Å². The molecule has 4 rings (SSSR count). The highest BCUT2D eigenvalue weighted by Crippen LogP contribution is 2.21. The van der Waals surface area contributed by atoms with E-state index in [1.54, 1.807) is 5.51 Å². The fraction of sp³-hybridized carbons (Fsp3) is 0.238. The number of aromatic nitrogens is 1. The molecule has 0 N–H and O–H groups in total. The Morgan fingerprint density at radius 2 is 2.30 bits per heavy atom. The zero-order chi connectivity index (χ0) is 18.6. The van der Waals surface area contributed by atoms with Gasteiger partial charge in [-0.25, -0.2) is 4.98 Å². The van der Waals surface area contributed by atoms with Gasteiger partial charge in [0.1, 0.15) is 18.5 Å². The molecule has 2 aromatic carbocycles. The number of morpholine rings is 1. The largest absolute Gasteiger partial charge is 0.491 e. The van der Waals surface area contributed by atoms with Crippen LogP contribution in [0.4, 0.5) is 0 Å². The Hall–Kier alpha value is -2.88. The molecule has 1 atom stereocenters. The van der Waals surface area contributed by atoms with Crippen LogP contribution in [0.5, 0.6) is 5.75 Å². The Labute approximate surface area is 161 Å². The minimum atomic E-state index is -0.177.